The van der Waals surface area contributed by atoms with Crippen LogP contribution in [0.3, 0.4) is 0 Å². The zero-order chi connectivity index (χ0) is 12.2. The van der Waals surface area contributed by atoms with Gasteiger partial charge in [-0.3, -0.25) is 4.79 Å². The Kier molecular flexibility index (Phi) is 10.5. The standard InChI is InChI=1S/C13H28N2O/c1-4-5-10-15-13(16)11-14-9-7-6-8-12(2)3/h12,14H,4-11H2,1-3H3,(H,15,16). The molecule has 0 aromatic carbocycles. The molecule has 1 amide bonds. The highest BCUT2D eigenvalue weighted by molar-refractivity contribution is 5.77. The minimum Gasteiger partial charge on any atom is -0.355 e. The number of unbranched alkanes of at least 4 members (excludes halogenated alkanes) is 2. The number of carbonyl (C=O) groups excluding carboxylic acids is 1. The van der Waals surface area contributed by atoms with Crippen molar-refractivity contribution in [3.05, 3.63) is 0 Å². The number of hydrogen-bond donors (Lipinski definition) is 2. The van der Waals surface area contributed by atoms with Crippen LogP contribution in [0.5, 0.6) is 0 Å². The van der Waals surface area contributed by atoms with Crippen molar-refractivity contribution in [3.63, 3.8) is 0 Å². The van der Waals surface area contributed by atoms with Crippen LogP contribution < -0.4 is 10.6 Å². The Morgan fingerprint density at radius 1 is 1.12 bits per heavy atom. The van der Waals surface area contributed by atoms with Gasteiger partial charge in [0, 0.05) is 6.54 Å². The van der Waals surface area contributed by atoms with Crippen LogP contribution in [-0.4, -0.2) is 25.5 Å². The number of carbonyl (C=O) groups is 1. The van der Waals surface area contributed by atoms with Crippen LogP contribution in [0.4, 0.5) is 0 Å². The Morgan fingerprint density at radius 2 is 1.88 bits per heavy atom. The van der Waals surface area contributed by atoms with Gasteiger partial charge in [0.15, 0.2) is 0 Å². The Bertz CT molecular complexity index is 169. The number of rotatable bonds is 10. The lowest BCUT2D eigenvalue weighted by Crippen LogP contribution is -2.34. The molecule has 0 fully saturated rings. The van der Waals surface area contributed by atoms with Gasteiger partial charge in [-0.25, -0.2) is 0 Å². The Labute approximate surface area is 100 Å². The van der Waals surface area contributed by atoms with Crippen molar-refractivity contribution in [3.8, 4) is 0 Å². The third kappa shape index (κ3) is 11.5. The van der Waals surface area contributed by atoms with Crippen LogP contribution in [0.15, 0.2) is 0 Å². The second-order valence-corrected chi connectivity index (χ2v) is 4.77. The van der Waals surface area contributed by atoms with Gasteiger partial charge in [0.05, 0.1) is 6.54 Å². The third-order valence-electron chi connectivity index (χ3n) is 2.52. The number of amides is 1. The Morgan fingerprint density at radius 3 is 2.50 bits per heavy atom. The van der Waals surface area contributed by atoms with Crippen molar-refractivity contribution < 1.29 is 4.79 Å². The number of hydrogen-bond acceptors (Lipinski definition) is 2. The summed E-state index contributed by atoms with van der Waals surface area (Å²) in [6, 6.07) is 0. The second kappa shape index (κ2) is 10.9. The first-order valence-corrected chi connectivity index (χ1v) is 6.64. The molecule has 0 rings (SSSR count). The molecule has 0 aromatic heterocycles. The summed E-state index contributed by atoms with van der Waals surface area (Å²) < 4.78 is 0. The van der Waals surface area contributed by atoms with Crippen LogP contribution in [0.25, 0.3) is 0 Å². The van der Waals surface area contributed by atoms with Gasteiger partial charge in [-0.15, -0.1) is 0 Å². The smallest absolute Gasteiger partial charge is 0.233 e. The summed E-state index contributed by atoms with van der Waals surface area (Å²) in [5.41, 5.74) is 0. The molecule has 0 bridgehead atoms. The van der Waals surface area contributed by atoms with Gasteiger partial charge in [0.1, 0.15) is 0 Å². The van der Waals surface area contributed by atoms with Crippen LogP contribution in [0, 0.1) is 5.92 Å². The summed E-state index contributed by atoms with van der Waals surface area (Å²) in [6.07, 6.45) is 5.90. The maximum atomic E-state index is 11.3. The molecule has 0 spiro atoms. The summed E-state index contributed by atoms with van der Waals surface area (Å²) in [5, 5.41) is 6.07. The van der Waals surface area contributed by atoms with Crippen LogP contribution in [-0.2, 0) is 4.79 Å². The van der Waals surface area contributed by atoms with Crippen molar-refractivity contribution in [1.29, 1.82) is 0 Å². The van der Waals surface area contributed by atoms with Crippen molar-refractivity contribution in [2.45, 2.75) is 52.9 Å². The third-order valence-corrected chi connectivity index (χ3v) is 2.52. The molecule has 0 aliphatic rings. The van der Waals surface area contributed by atoms with Gasteiger partial charge in [-0.2, -0.15) is 0 Å². The second-order valence-electron chi connectivity index (χ2n) is 4.77. The van der Waals surface area contributed by atoms with E-state index >= 15 is 0 Å². The first kappa shape index (κ1) is 15.4. The molecule has 3 heteroatoms. The molecule has 0 aromatic rings. The fourth-order valence-corrected chi connectivity index (χ4v) is 1.47. The molecular weight excluding hydrogens is 200 g/mol. The van der Waals surface area contributed by atoms with Gasteiger partial charge in [0.2, 0.25) is 5.91 Å². The highest BCUT2D eigenvalue weighted by Crippen LogP contribution is 2.04. The molecule has 0 atom stereocenters. The average molecular weight is 228 g/mol. The minimum atomic E-state index is 0.123. The van der Waals surface area contributed by atoms with E-state index in [-0.39, 0.29) is 5.91 Å². The maximum Gasteiger partial charge on any atom is 0.233 e. The highest BCUT2D eigenvalue weighted by atomic mass is 16.1. The lowest BCUT2D eigenvalue weighted by Gasteiger charge is -2.07. The van der Waals surface area contributed by atoms with E-state index < -0.39 is 0 Å². The molecule has 96 valence electrons. The van der Waals surface area contributed by atoms with Gasteiger partial charge >= 0.3 is 0 Å². The van der Waals surface area contributed by atoms with Crippen LogP contribution in [0.2, 0.25) is 0 Å². The van der Waals surface area contributed by atoms with E-state index in [1.165, 1.54) is 19.3 Å². The van der Waals surface area contributed by atoms with E-state index in [2.05, 4.69) is 31.4 Å². The fourth-order valence-electron chi connectivity index (χ4n) is 1.47. The summed E-state index contributed by atoms with van der Waals surface area (Å²) >= 11 is 0. The SMILES string of the molecule is CCCCNC(=O)CNCCCCC(C)C. The van der Waals surface area contributed by atoms with Crippen molar-refractivity contribution in [2.24, 2.45) is 5.92 Å². The molecule has 0 heterocycles. The fraction of sp³-hybridized carbons (Fsp3) is 0.923. The summed E-state index contributed by atoms with van der Waals surface area (Å²) in [5.74, 6) is 0.912. The lowest BCUT2D eigenvalue weighted by atomic mass is 10.1. The summed E-state index contributed by atoms with van der Waals surface area (Å²) in [6.45, 7) is 8.84. The van der Waals surface area contributed by atoms with E-state index in [0.29, 0.717) is 6.54 Å². The number of nitrogens with one attached hydrogen (secondary N) is 2. The molecule has 0 saturated carbocycles. The van der Waals surface area contributed by atoms with E-state index in [1.807, 2.05) is 0 Å². The molecular formula is C13H28N2O. The van der Waals surface area contributed by atoms with E-state index in [4.69, 9.17) is 0 Å². The van der Waals surface area contributed by atoms with E-state index in [0.717, 1.165) is 31.8 Å². The predicted octanol–water partition coefficient (Wildman–Crippen LogP) is 2.32. The maximum absolute atomic E-state index is 11.3. The summed E-state index contributed by atoms with van der Waals surface area (Å²) in [7, 11) is 0. The van der Waals surface area contributed by atoms with Crippen LogP contribution in [0.1, 0.15) is 52.9 Å². The van der Waals surface area contributed by atoms with Crippen molar-refractivity contribution in [2.75, 3.05) is 19.6 Å². The molecule has 2 N–H and O–H groups in total. The van der Waals surface area contributed by atoms with Crippen LogP contribution >= 0.6 is 0 Å². The summed E-state index contributed by atoms with van der Waals surface area (Å²) in [4.78, 5) is 11.3. The zero-order valence-electron chi connectivity index (χ0n) is 11.1. The highest BCUT2D eigenvalue weighted by Gasteiger charge is 1.99. The first-order valence-electron chi connectivity index (χ1n) is 6.64. The predicted molar refractivity (Wildman–Crippen MR) is 69.5 cm³/mol. The monoisotopic (exact) mass is 228 g/mol. The quantitative estimate of drug-likeness (QED) is 0.563. The molecule has 0 aliphatic carbocycles. The Hall–Kier alpha value is -0.570. The lowest BCUT2D eigenvalue weighted by molar-refractivity contribution is -0.120. The van der Waals surface area contributed by atoms with Gasteiger partial charge in [0.25, 0.3) is 0 Å². The molecule has 0 aliphatic heterocycles. The first-order chi connectivity index (χ1) is 7.66. The van der Waals surface area contributed by atoms with E-state index in [9.17, 15) is 4.79 Å². The molecule has 0 radical (unpaired) electrons. The van der Waals surface area contributed by atoms with E-state index in [1.54, 1.807) is 0 Å². The van der Waals surface area contributed by atoms with Crippen molar-refractivity contribution >= 4 is 5.91 Å². The molecule has 0 saturated heterocycles. The topological polar surface area (TPSA) is 41.1 Å². The normalized spacial score (nSPS) is 10.8. The minimum absolute atomic E-state index is 0.123. The molecule has 0 unspecified atom stereocenters. The van der Waals surface area contributed by atoms with Crippen molar-refractivity contribution in [1.82, 2.24) is 10.6 Å². The average Bonchev–Trinajstić information content (AvgIpc) is 2.23. The zero-order valence-corrected chi connectivity index (χ0v) is 11.1. The molecule has 3 nitrogen and oxygen atoms in total. The van der Waals surface area contributed by atoms with Gasteiger partial charge in [-0.1, -0.05) is 40.0 Å². The Balaban J connectivity index is 3.15. The van der Waals surface area contributed by atoms with Gasteiger partial charge in [-0.05, 0) is 25.3 Å². The largest absolute Gasteiger partial charge is 0.355 e. The molecule has 16 heavy (non-hydrogen) atoms. The van der Waals surface area contributed by atoms with Gasteiger partial charge < -0.3 is 10.6 Å².